The number of hydrogen-bond acceptors (Lipinski definition) is 3. The Kier molecular flexibility index (Phi) is 3.61. The van der Waals surface area contributed by atoms with Gasteiger partial charge in [-0.1, -0.05) is 6.42 Å². The van der Waals surface area contributed by atoms with E-state index in [2.05, 4.69) is 10.6 Å². The highest BCUT2D eigenvalue weighted by atomic mass is 16.6. The summed E-state index contributed by atoms with van der Waals surface area (Å²) in [6, 6.07) is 0.730. The molecule has 0 radical (unpaired) electrons. The summed E-state index contributed by atoms with van der Waals surface area (Å²) >= 11 is 0. The quantitative estimate of drug-likeness (QED) is 0.790. The predicted octanol–water partition coefficient (Wildman–Crippen LogP) is 2.04. The lowest BCUT2D eigenvalue weighted by molar-refractivity contribution is 0.0522. The molecule has 2 atom stereocenters. The Balaban J connectivity index is 1.57. The smallest absolute Gasteiger partial charge is 0.407 e. The summed E-state index contributed by atoms with van der Waals surface area (Å²) in [7, 11) is 0. The Bertz CT molecular complexity index is 282. The van der Waals surface area contributed by atoms with E-state index in [1.165, 1.54) is 19.3 Å². The van der Waals surface area contributed by atoms with Gasteiger partial charge in [0.15, 0.2) is 0 Å². The molecule has 1 amide bonds. The number of carbonyl (C=O) groups excluding carboxylic acids is 1. The molecule has 2 saturated carbocycles. The number of ether oxygens (including phenoxy) is 1. The molecule has 4 nitrogen and oxygen atoms in total. The average Bonchev–Trinajstić information content (AvgIpc) is 2.76. The van der Waals surface area contributed by atoms with Crippen LogP contribution in [0.5, 0.6) is 0 Å². The molecule has 2 rings (SSSR count). The molecule has 17 heavy (non-hydrogen) atoms. The van der Waals surface area contributed by atoms with E-state index in [1.807, 2.05) is 20.8 Å². The number of nitrogens with one attached hydrogen (secondary N) is 2. The van der Waals surface area contributed by atoms with Crippen molar-refractivity contribution in [2.24, 2.45) is 5.92 Å². The first-order valence-corrected chi connectivity index (χ1v) is 6.67. The molecule has 0 bridgehead atoms. The molecule has 0 aromatic heterocycles. The second-order valence-electron chi connectivity index (χ2n) is 6.30. The molecule has 2 aliphatic rings. The van der Waals surface area contributed by atoms with Gasteiger partial charge in [-0.3, -0.25) is 0 Å². The van der Waals surface area contributed by atoms with Gasteiger partial charge in [-0.25, -0.2) is 4.79 Å². The van der Waals surface area contributed by atoms with Crippen molar-refractivity contribution in [3.05, 3.63) is 0 Å². The van der Waals surface area contributed by atoms with Crippen molar-refractivity contribution in [1.29, 1.82) is 0 Å². The number of carbonyl (C=O) groups is 1. The molecule has 0 aliphatic heterocycles. The second kappa shape index (κ2) is 4.84. The summed E-state index contributed by atoms with van der Waals surface area (Å²) in [5.74, 6) is 0.873. The standard InChI is InChI=1S/C13H24N2O2/c1-13(2,3)17-12(16)15-11-7-10(11)14-8-9-5-4-6-9/h9-11,14H,4-8H2,1-3H3,(H,15,16). The average molecular weight is 240 g/mol. The number of rotatable bonds is 4. The van der Waals surface area contributed by atoms with Crippen LogP contribution in [-0.2, 0) is 4.74 Å². The minimum atomic E-state index is -0.409. The normalized spacial score (nSPS) is 28.4. The van der Waals surface area contributed by atoms with Crippen molar-refractivity contribution < 1.29 is 9.53 Å². The molecule has 0 saturated heterocycles. The number of hydrogen-bond donors (Lipinski definition) is 2. The van der Waals surface area contributed by atoms with Gasteiger partial charge in [-0.15, -0.1) is 0 Å². The van der Waals surface area contributed by atoms with Gasteiger partial charge in [-0.05, 0) is 52.5 Å². The third-order valence-electron chi connectivity index (χ3n) is 3.39. The van der Waals surface area contributed by atoms with Gasteiger partial charge < -0.3 is 15.4 Å². The van der Waals surface area contributed by atoms with E-state index < -0.39 is 5.60 Å². The predicted molar refractivity (Wildman–Crippen MR) is 66.9 cm³/mol. The summed E-state index contributed by atoms with van der Waals surface area (Å²) in [5, 5.41) is 6.40. The van der Waals surface area contributed by atoms with E-state index in [0.29, 0.717) is 6.04 Å². The first kappa shape index (κ1) is 12.7. The summed E-state index contributed by atoms with van der Waals surface area (Å²) < 4.78 is 5.22. The Morgan fingerprint density at radius 1 is 1.29 bits per heavy atom. The zero-order valence-electron chi connectivity index (χ0n) is 11.1. The van der Waals surface area contributed by atoms with Crippen LogP contribution in [0, 0.1) is 5.92 Å². The molecule has 2 N–H and O–H groups in total. The topological polar surface area (TPSA) is 50.4 Å². The lowest BCUT2D eigenvalue weighted by Gasteiger charge is -2.25. The Labute approximate surface area is 103 Å². The van der Waals surface area contributed by atoms with Crippen LogP contribution in [0.2, 0.25) is 0 Å². The minimum absolute atomic E-state index is 0.268. The van der Waals surface area contributed by atoms with E-state index in [9.17, 15) is 4.79 Å². The Hall–Kier alpha value is -0.770. The molecular formula is C13H24N2O2. The van der Waals surface area contributed by atoms with Gasteiger partial charge in [0, 0.05) is 12.1 Å². The fourth-order valence-electron chi connectivity index (χ4n) is 2.05. The summed E-state index contributed by atoms with van der Waals surface area (Å²) in [4.78, 5) is 11.5. The molecule has 0 aromatic carbocycles. The Morgan fingerprint density at radius 3 is 2.53 bits per heavy atom. The third-order valence-corrected chi connectivity index (χ3v) is 3.39. The van der Waals surface area contributed by atoms with Crippen molar-refractivity contribution in [2.45, 2.75) is 64.1 Å². The third kappa shape index (κ3) is 4.19. The SMILES string of the molecule is CC(C)(C)OC(=O)NC1CC1NCC1CCC1. The first-order valence-electron chi connectivity index (χ1n) is 6.67. The second-order valence-corrected chi connectivity index (χ2v) is 6.30. The van der Waals surface area contributed by atoms with Crippen LogP contribution in [0.1, 0.15) is 46.5 Å². The van der Waals surface area contributed by atoms with Gasteiger partial charge in [0.2, 0.25) is 0 Å². The molecule has 0 heterocycles. The first-order chi connectivity index (χ1) is 7.94. The monoisotopic (exact) mass is 240 g/mol. The summed E-state index contributed by atoms with van der Waals surface area (Å²) in [5.41, 5.74) is -0.409. The largest absolute Gasteiger partial charge is 0.444 e. The molecule has 2 fully saturated rings. The minimum Gasteiger partial charge on any atom is -0.444 e. The van der Waals surface area contributed by atoms with Crippen LogP contribution in [0.15, 0.2) is 0 Å². The molecule has 4 heteroatoms. The van der Waals surface area contributed by atoms with Crippen LogP contribution in [0.4, 0.5) is 4.79 Å². The maximum absolute atomic E-state index is 11.5. The van der Waals surface area contributed by atoms with E-state index in [0.717, 1.165) is 18.9 Å². The van der Waals surface area contributed by atoms with Crippen LogP contribution >= 0.6 is 0 Å². The highest BCUT2D eigenvalue weighted by molar-refractivity contribution is 5.68. The molecule has 0 spiro atoms. The van der Waals surface area contributed by atoms with Crippen LogP contribution in [0.3, 0.4) is 0 Å². The fraction of sp³-hybridized carbons (Fsp3) is 0.923. The van der Waals surface area contributed by atoms with Gasteiger partial charge in [0.05, 0.1) is 0 Å². The fourth-order valence-corrected chi connectivity index (χ4v) is 2.05. The van der Waals surface area contributed by atoms with Crippen molar-refractivity contribution >= 4 is 6.09 Å². The molecule has 98 valence electrons. The van der Waals surface area contributed by atoms with Gasteiger partial charge in [-0.2, -0.15) is 0 Å². The van der Waals surface area contributed by atoms with Crippen molar-refractivity contribution in [3.8, 4) is 0 Å². The lowest BCUT2D eigenvalue weighted by Crippen LogP contribution is -2.38. The maximum atomic E-state index is 11.5. The molecule has 0 aromatic rings. The maximum Gasteiger partial charge on any atom is 0.407 e. The van der Waals surface area contributed by atoms with Crippen LogP contribution < -0.4 is 10.6 Å². The number of amides is 1. The van der Waals surface area contributed by atoms with Gasteiger partial charge in [0.25, 0.3) is 0 Å². The zero-order chi connectivity index (χ0) is 12.5. The van der Waals surface area contributed by atoms with E-state index in [-0.39, 0.29) is 12.1 Å². The van der Waals surface area contributed by atoms with E-state index >= 15 is 0 Å². The van der Waals surface area contributed by atoms with Crippen molar-refractivity contribution in [2.75, 3.05) is 6.54 Å². The van der Waals surface area contributed by atoms with E-state index in [4.69, 9.17) is 4.74 Å². The van der Waals surface area contributed by atoms with Crippen LogP contribution in [-0.4, -0.2) is 30.3 Å². The van der Waals surface area contributed by atoms with Crippen LogP contribution in [0.25, 0.3) is 0 Å². The summed E-state index contributed by atoms with van der Waals surface area (Å²) in [6.07, 6.45) is 4.85. The van der Waals surface area contributed by atoms with Crippen molar-refractivity contribution in [3.63, 3.8) is 0 Å². The van der Waals surface area contributed by atoms with E-state index in [1.54, 1.807) is 0 Å². The number of alkyl carbamates (subject to hydrolysis) is 1. The highest BCUT2D eigenvalue weighted by Gasteiger charge is 2.39. The van der Waals surface area contributed by atoms with Gasteiger partial charge in [0.1, 0.15) is 5.60 Å². The summed E-state index contributed by atoms with van der Waals surface area (Å²) in [6.45, 7) is 6.75. The van der Waals surface area contributed by atoms with Gasteiger partial charge >= 0.3 is 6.09 Å². The zero-order valence-corrected chi connectivity index (χ0v) is 11.1. The lowest BCUT2D eigenvalue weighted by atomic mass is 9.85. The highest BCUT2D eigenvalue weighted by Crippen LogP contribution is 2.27. The Morgan fingerprint density at radius 2 is 2.00 bits per heavy atom. The molecular weight excluding hydrogens is 216 g/mol. The molecule has 2 unspecified atom stereocenters. The van der Waals surface area contributed by atoms with Crippen molar-refractivity contribution in [1.82, 2.24) is 10.6 Å². The molecule has 2 aliphatic carbocycles.